The highest BCUT2D eigenvalue weighted by Gasteiger charge is 2.23. The summed E-state index contributed by atoms with van der Waals surface area (Å²) >= 11 is 0. The van der Waals surface area contributed by atoms with Crippen molar-refractivity contribution >= 4 is 0 Å². The molecule has 2 nitrogen and oxygen atoms in total. The Morgan fingerprint density at radius 2 is 1.67 bits per heavy atom. The maximum Gasteiger partial charge on any atom is 0.123 e. The summed E-state index contributed by atoms with van der Waals surface area (Å²) < 4.78 is 12.9. The maximum atomic E-state index is 12.9. The lowest BCUT2D eigenvalue weighted by Gasteiger charge is -2.35. The summed E-state index contributed by atoms with van der Waals surface area (Å²) in [7, 11) is 2.12. The summed E-state index contributed by atoms with van der Waals surface area (Å²) in [6, 6.07) is 7.19. The van der Waals surface area contributed by atoms with Gasteiger partial charge in [-0.2, -0.15) is 0 Å². The lowest BCUT2D eigenvalue weighted by atomic mass is 9.98. The molecule has 1 aromatic rings. The number of rotatable bonds is 6. The van der Waals surface area contributed by atoms with Crippen molar-refractivity contribution in [2.75, 3.05) is 7.05 Å². The van der Waals surface area contributed by atoms with E-state index in [9.17, 15) is 4.39 Å². The van der Waals surface area contributed by atoms with Crippen molar-refractivity contribution in [1.82, 2.24) is 4.90 Å². The van der Waals surface area contributed by atoms with Gasteiger partial charge in [0.05, 0.1) is 0 Å². The number of likely N-dealkylation sites (N-methyl/N-ethyl adjacent to an activating group) is 1. The highest BCUT2D eigenvalue weighted by atomic mass is 19.1. The number of hydrogen-bond acceptors (Lipinski definition) is 2. The van der Waals surface area contributed by atoms with Crippen molar-refractivity contribution in [1.29, 1.82) is 0 Å². The Hall–Kier alpha value is -0.930. The molecule has 3 heteroatoms. The Kier molecular flexibility index (Phi) is 5.76. The predicted molar refractivity (Wildman–Crippen MR) is 74.9 cm³/mol. The molecule has 1 rings (SSSR count). The van der Waals surface area contributed by atoms with Gasteiger partial charge in [0.2, 0.25) is 0 Å². The van der Waals surface area contributed by atoms with Gasteiger partial charge in [0, 0.05) is 18.1 Å². The number of nitrogens with zero attached hydrogens (tertiary/aromatic N) is 1. The SMILES string of the molecule is CCC(CC)N(C)C(C)C(N)c1ccc(F)cc1. The summed E-state index contributed by atoms with van der Waals surface area (Å²) in [4.78, 5) is 2.33. The molecule has 0 saturated heterocycles. The minimum absolute atomic E-state index is 0.0869. The average Bonchev–Trinajstić information content (AvgIpc) is 2.39. The first-order chi connectivity index (χ1) is 8.51. The van der Waals surface area contributed by atoms with Crippen LogP contribution in [0.15, 0.2) is 24.3 Å². The van der Waals surface area contributed by atoms with Crippen LogP contribution in [-0.4, -0.2) is 24.0 Å². The number of halogens is 1. The molecule has 1 aromatic carbocycles. The van der Waals surface area contributed by atoms with E-state index >= 15 is 0 Å². The maximum absolute atomic E-state index is 12.9. The molecule has 2 atom stereocenters. The first kappa shape index (κ1) is 15.1. The van der Waals surface area contributed by atoms with Crippen LogP contribution in [0.4, 0.5) is 4.39 Å². The van der Waals surface area contributed by atoms with Gasteiger partial charge in [0.15, 0.2) is 0 Å². The molecule has 0 spiro atoms. The van der Waals surface area contributed by atoms with Crippen LogP contribution in [0.1, 0.15) is 45.2 Å². The van der Waals surface area contributed by atoms with Gasteiger partial charge in [-0.25, -0.2) is 4.39 Å². The monoisotopic (exact) mass is 252 g/mol. The summed E-state index contributed by atoms with van der Waals surface area (Å²) in [6.45, 7) is 6.52. The molecule has 0 amide bonds. The van der Waals surface area contributed by atoms with Crippen molar-refractivity contribution in [2.45, 2.75) is 51.7 Å². The fourth-order valence-corrected chi connectivity index (χ4v) is 2.41. The normalized spacial score (nSPS) is 15.1. The first-order valence-corrected chi connectivity index (χ1v) is 6.74. The topological polar surface area (TPSA) is 29.3 Å². The zero-order chi connectivity index (χ0) is 13.7. The molecule has 102 valence electrons. The minimum atomic E-state index is -0.216. The van der Waals surface area contributed by atoms with Crippen LogP contribution >= 0.6 is 0 Å². The lowest BCUT2D eigenvalue weighted by molar-refractivity contribution is 0.154. The molecular formula is C15H25FN2. The molecule has 2 unspecified atom stereocenters. The standard InChI is InChI=1S/C15H25FN2/c1-5-14(6-2)18(4)11(3)15(17)12-7-9-13(16)10-8-12/h7-11,14-15H,5-6,17H2,1-4H3. The third-order valence-corrected chi connectivity index (χ3v) is 3.94. The van der Waals surface area contributed by atoms with Crippen LogP contribution in [0.5, 0.6) is 0 Å². The lowest BCUT2D eigenvalue weighted by Crippen LogP contribution is -2.43. The van der Waals surface area contributed by atoms with Crippen LogP contribution < -0.4 is 5.73 Å². The van der Waals surface area contributed by atoms with Crippen LogP contribution in [0.2, 0.25) is 0 Å². The third-order valence-electron chi connectivity index (χ3n) is 3.94. The van der Waals surface area contributed by atoms with E-state index in [4.69, 9.17) is 5.73 Å². The van der Waals surface area contributed by atoms with E-state index in [0.29, 0.717) is 6.04 Å². The quantitative estimate of drug-likeness (QED) is 0.841. The molecule has 0 saturated carbocycles. The van der Waals surface area contributed by atoms with E-state index in [1.807, 2.05) is 0 Å². The molecule has 0 aliphatic heterocycles. The molecule has 0 aliphatic carbocycles. The van der Waals surface area contributed by atoms with E-state index in [-0.39, 0.29) is 17.9 Å². The van der Waals surface area contributed by atoms with E-state index in [2.05, 4.69) is 32.7 Å². The second-order valence-corrected chi connectivity index (χ2v) is 4.95. The van der Waals surface area contributed by atoms with Gasteiger partial charge in [-0.05, 0) is 44.5 Å². The molecule has 0 aliphatic rings. The van der Waals surface area contributed by atoms with Gasteiger partial charge < -0.3 is 5.73 Å². The zero-order valence-corrected chi connectivity index (χ0v) is 11.9. The van der Waals surface area contributed by atoms with Gasteiger partial charge >= 0.3 is 0 Å². The molecule has 0 aromatic heterocycles. The summed E-state index contributed by atoms with van der Waals surface area (Å²) in [5.74, 6) is -0.216. The summed E-state index contributed by atoms with van der Waals surface area (Å²) in [6.07, 6.45) is 2.24. The van der Waals surface area contributed by atoms with Gasteiger partial charge in [-0.3, -0.25) is 4.90 Å². The number of nitrogens with two attached hydrogens (primary N) is 1. The second-order valence-electron chi connectivity index (χ2n) is 4.95. The fourth-order valence-electron chi connectivity index (χ4n) is 2.41. The first-order valence-electron chi connectivity index (χ1n) is 6.74. The van der Waals surface area contributed by atoms with Crippen LogP contribution in [0.25, 0.3) is 0 Å². The van der Waals surface area contributed by atoms with Gasteiger partial charge in [-0.15, -0.1) is 0 Å². The van der Waals surface area contributed by atoms with Gasteiger partial charge in [0.1, 0.15) is 5.82 Å². The Morgan fingerprint density at radius 3 is 2.11 bits per heavy atom. The second kappa shape index (κ2) is 6.86. The van der Waals surface area contributed by atoms with Crippen molar-refractivity contribution in [2.24, 2.45) is 5.73 Å². The van der Waals surface area contributed by atoms with E-state index < -0.39 is 0 Å². The van der Waals surface area contributed by atoms with E-state index in [1.54, 1.807) is 12.1 Å². The summed E-state index contributed by atoms with van der Waals surface area (Å²) in [5.41, 5.74) is 7.26. The Morgan fingerprint density at radius 1 is 1.17 bits per heavy atom. The third kappa shape index (κ3) is 3.53. The van der Waals surface area contributed by atoms with Crippen molar-refractivity contribution in [3.05, 3.63) is 35.6 Å². The highest BCUT2D eigenvalue weighted by molar-refractivity contribution is 5.20. The summed E-state index contributed by atoms with van der Waals surface area (Å²) in [5, 5.41) is 0. The highest BCUT2D eigenvalue weighted by Crippen LogP contribution is 2.21. The minimum Gasteiger partial charge on any atom is -0.323 e. The number of benzene rings is 1. The molecule has 0 heterocycles. The Labute approximate surface area is 110 Å². The number of hydrogen-bond donors (Lipinski definition) is 1. The van der Waals surface area contributed by atoms with E-state index in [0.717, 1.165) is 18.4 Å². The predicted octanol–water partition coefficient (Wildman–Crippen LogP) is 3.33. The Bertz CT molecular complexity index is 346. The molecule has 0 radical (unpaired) electrons. The fraction of sp³-hybridized carbons (Fsp3) is 0.600. The van der Waals surface area contributed by atoms with Crippen LogP contribution in [-0.2, 0) is 0 Å². The van der Waals surface area contributed by atoms with E-state index in [1.165, 1.54) is 12.1 Å². The molecule has 0 fully saturated rings. The van der Waals surface area contributed by atoms with Crippen molar-refractivity contribution < 1.29 is 4.39 Å². The molecule has 2 N–H and O–H groups in total. The molecule has 18 heavy (non-hydrogen) atoms. The van der Waals surface area contributed by atoms with Crippen LogP contribution in [0, 0.1) is 5.82 Å². The van der Waals surface area contributed by atoms with Crippen LogP contribution in [0.3, 0.4) is 0 Å². The van der Waals surface area contributed by atoms with Gasteiger partial charge in [0.25, 0.3) is 0 Å². The van der Waals surface area contributed by atoms with Crippen molar-refractivity contribution in [3.63, 3.8) is 0 Å². The van der Waals surface area contributed by atoms with Gasteiger partial charge in [-0.1, -0.05) is 26.0 Å². The average molecular weight is 252 g/mol. The Balaban J connectivity index is 2.76. The molecular weight excluding hydrogens is 227 g/mol. The smallest absolute Gasteiger partial charge is 0.123 e. The molecule has 0 bridgehead atoms. The largest absolute Gasteiger partial charge is 0.323 e. The zero-order valence-electron chi connectivity index (χ0n) is 11.9. The van der Waals surface area contributed by atoms with Crippen molar-refractivity contribution in [3.8, 4) is 0 Å².